The highest BCUT2D eigenvalue weighted by Gasteiger charge is 2.15. The summed E-state index contributed by atoms with van der Waals surface area (Å²) < 4.78 is 0. The predicted molar refractivity (Wildman–Crippen MR) is 134 cm³/mol. The summed E-state index contributed by atoms with van der Waals surface area (Å²) in [4.78, 5) is 19.4. The fourth-order valence-electron chi connectivity index (χ4n) is 4.30. The van der Waals surface area contributed by atoms with Crippen molar-refractivity contribution in [3.63, 3.8) is 0 Å². The minimum atomic E-state index is 0.153. The normalized spacial score (nSPS) is 11.3. The highest BCUT2D eigenvalue weighted by Crippen LogP contribution is 2.18. The maximum atomic E-state index is 13.6. The molecule has 0 saturated heterocycles. The van der Waals surface area contributed by atoms with Crippen LogP contribution in [0.25, 0.3) is 10.9 Å². The van der Waals surface area contributed by atoms with Gasteiger partial charge in [0.25, 0.3) is 0 Å². The number of hydrogen-bond acceptors (Lipinski definition) is 2. The molecule has 164 valence electrons. The van der Waals surface area contributed by atoms with Gasteiger partial charge in [-0.3, -0.25) is 9.69 Å². The maximum absolute atomic E-state index is 13.6. The van der Waals surface area contributed by atoms with Gasteiger partial charge < -0.3 is 4.98 Å². The summed E-state index contributed by atoms with van der Waals surface area (Å²) in [6.45, 7) is 6.42. The zero-order valence-corrected chi connectivity index (χ0v) is 19.1. The zero-order valence-electron chi connectivity index (χ0n) is 19.1. The predicted octanol–water partition coefficient (Wildman–Crippen LogP) is 6.38. The van der Waals surface area contributed by atoms with Gasteiger partial charge in [0.1, 0.15) is 0 Å². The molecule has 0 spiro atoms. The molecular weight excluding hydrogens is 392 g/mol. The molecule has 0 saturated carbocycles. The fourth-order valence-corrected chi connectivity index (χ4v) is 4.30. The van der Waals surface area contributed by atoms with E-state index in [-0.39, 0.29) is 5.43 Å². The Hall–Kier alpha value is -3.17. The molecule has 1 N–H and O–H groups in total. The molecule has 0 aliphatic rings. The summed E-state index contributed by atoms with van der Waals surface area (Å²) in [5.41, 5.74) is 6.63. The van der Waals surface area contributed by atoms with E-state index >= 15 is 0 Å². The Labute approximate surface area is 190 Å². The molecule has 3 heteroatoms. The molecule has 3 aromatic carbocycles. The third kappa shape index (κ3) is 5.35. The second-order valence-corrected chi connectivity index (χ2v) is 8.66. The van der Waals surface area contributed by atoms with Crippen molar-refractivity contribution >= 4 is 10.9 Å². The van der Waals surface area contributed by atoms with E-state index in [0.29, 0.717) is 6.54 Å². The number of aromatic amines is 1. The lowest BCUT2D eigenvalue weighted by molar-refractivity contribution is 0.246. The molecule has 4 aromatic rings. The van der Waals surface area contributed by atoms with E-state index in [4.69, 9.17) is 0 Å². The van der Waals surface area contributed by atoms with Crippen LogP contribution in [0.2, 0.25) is 0 Å². The van der Waals surface area contributed by atoms with Crippen molar-refractivity contribution < 1.29 is 0 Å². The lowest BCUT2D eigenvalue weighted by Gasteiger charge is -2.23. The first-order valence-corrected chi connectivity index (χ1v) is 11.6. The highest BCUT2D eigenvalue weighted by atomic mass is 16.1. The number of aryl methyl sites for hydroxylation is 2. The van der Waals surface area contributed by atoms with E-state index in [1.54, 1.807) is 0 Å². The number of benzene rings is 3. The summed E-state index contributed by atoms with van der Waals surface area (Å²) in [7, 11) is 0. The minimum Gasteiger partial charge on any atom is -0.358 e. The molecule has 4 rings (SSSR count). The molecule has 1 heterocycles. The average molecular weight is 425 g/mol. The zero-order chi connectivity index (χ0) is 22.3. The Kier molecular flexibility index (Phi) is 7.18. The van der Waals surface area contributed by atoms with Crippen LogP contribution < -0.4 is 5.43 Å². The van der Waals surface area contributed by atoms with Crippen LogP contribution in [0.3, 0.4) is 0 Å². The molecule has 0 fully saturated rings. The van der Waals surface area contributed by atoms with Crippen LogP contribution in [0.4, 0.5) is 0 Å². The van der Waals surface area contributed by atoms with Crippen molar-refractivity contribution in [2.75, 3.05) is 0 Å². The first kappa shape index (κ1) is 22.0. The molecular formula is C29H32N2O. The lowest BCUT2D eigenvalue weighted by Crippen LogP contribution is -2.27. The van der Waals surface area contributed by atoms with Gasteiger partial charge in [-0.2, -0.15) is 0 Å². The third-order valence-electron chi connectivity index (χ3n) is 6.08. The van der Waals surface area contributed by atoms with Crippen LogP contribution >= 0.6 is 0 Å². The fraction of sp³-hybridized carbons (Fsp3) is 0.276. The summed E-state index contributed by atoms with van der Waals surface area (Å²) in [6, 6.07) is 27.3. The Morgan fingerprint density at radius 3 is 2.00 bits per heavy atom. The molecule has 0 aliphatic heterocycles. The molecule has 0 bridgehead atoms. The van der Waals surface area contributed by atoms with E-state index < -0.39 is 0 Å². The van der Waals surface area contributed by atoms with Crippen molar-refractivity contribution in [3.8, 4) is 0 Å². The quantitative estimate of drug-likeness (QED) is 0.338. The summed E-state index contributed by atoms with van der Waals surface area (Å²) in [5.74, 6) is 0. The number of hydrogen-bond donors (Lipinski definition) is 1. The molecule has 3 nitrogen and oxygen atoms in total. The maximum Gasteiger partial charge on any atom is 0.194 e. The second-order valence-electron chi connectivity index (χ2n) is 8.66. The molecule has 1 aromatic heterocycles. The van der Waals surface area contributed by atoms with Crippen LogP contribution in [-0.4, -0.2) is 9.88 Å². The highest BCUT2D eigenvalue weighted by molar-refractivity contribution is 5.80. The number of aromatic nitrogens is 1. The number of nitrogens with one attached hydrogen (secondary N) is 1. The van der Waals surface area contributed by atoms with Crippen LogP contribution in [0.15, 0.2) is 83.7 Å². The SMILES string of the molecule is CCCCc1ccc2[nH]c(C)c(CN(Cc3ccccc3)Cc3ccccc3)c(=O)c2c1. The second kappa shape index (κ2) is 10.4. The molecule has 32 heavy (non-hydrogen) atoms. The van der Waals surface area contributed by atoms with Crippen molar-refractivity contribution in [2.24, 2.45) is 0 Å². The number of unbranched alkanes of at least 4 members (excludes halogenated alkanes) is 1. The Bertz CT molecular complexity index is 1170. The number of rotatable bonds is 9. The van der Waals surface area contributed by atoms with Crippen molar-refractivity contribution in [1.29, 1.82) is 0 Å². The largest absolute Gasteiger partial charge is 0.358 e. The van der Waals surface area contributed by atoms with Crippen molar-refractivity contribution in [2.45, 2.75) is 52.7 Å². The van der Waals surface area contributed by atoms with E-state index in [0.717, 1.165) is 54.5 Å². The third-order valence-corrected chi connectivity index (χ3v) is 6.08. The Morgan fingerprint density at radius 1 is 0.781 bits per heavy atom. The van der Waals surface area contributed by atoms with Gasteiger partial charge in [0.2, 0.25) is 0 Å². The van der Waals surface area contributed by atoms with E-state index in [9.17, 15) is 4.79 Å². The Balaban J connectivity index is 1.68. The van der Waals surface area contributed by atoms with Crippen LogP contribution in [-0.2, 0) is 26.1 Å². The van der Waals surface area contributed by atoms with Gasteiger partial charge in [-0.05, 0) is 48.6 Å². The average Bonchev–Trinajstić information content (AvgIpc) is 2.82. The first-order chi connectivity index (χ1) is 15.6. The van der Waals surface area contributed by atoms with Gasteiger partial charge in [0.05, 0.1) is 0 Å². The van der Waals surface area contributed by atoms with Crippen molar-refractivity contribution in [3.05, 3.63) is 117 Å². The van der Waals surface area contributed by atoms with Crippen LogP contribution in [0.5, 0.6) is 0 Å². The van der Waals surface area contributed by atoms with E-state index in [1.165, 1.54) is 16.7 Å². The number of nitrogens with zero attached hydrogens (tertiary/aromatic N) is 1. The smallest absolute Gasteiger partial charge is 0.194 e. The van der Waals surface area contributed by atoms with Gasteiger partial charge >= 0.3 is 0 Å². The van der Waals surface area contributed by atoms with Gasteiger partial charge in [0, 0.05) is 41.8 Å². The summed E-state index contributed by atoms with van der Waals surface area (Å²) in [6.07, 6.45) is 3.31. The van der Waals surface area contributed by atoms with Crippen molar-refractivity contribution in [1.82, 2.24) is 9.88 Å². The monoisotopic (exact) mass is 424 g/mol. The first-order valence-electron chi connectivity index (χ1n) is 11.6. The molecule has 0 radical (unpaired) electrons. The van der Waals surface area contributed by atoms with Gasteiger partial charge in [-0.25, -0.2) is 0 Å². The molecule has 0 amide bonds. The van der Waals surface area contributed by atoms with Gasteiger partial charge in [-0.1, -0.05) is 80.1 Å². The molecule has 0 aliphatic carbocycles. The van der Waals surface area contributed by atoms with Gasteiger partial charge in [-0.15, -0.1) is 0 Å². The number of H-pyrrole nitrogens is 1. The van der Waals surface area contributed by atoms with Crippen LogP contribution in [0.1, 0.15) is 47.7 Å². The molecule has 0 atom stereocenters. The van der Waals surface area contributed by atoms with E-state index in [2.05, 4.69) is 83.5 Å². The lowest BCUT2D eigenvalue weighted by atomic mass is 10.0. The number of pyridine rings is 1. The minimum absolute atomic E-state index is 0.153. The standard InChI is InChI=1S/C29H32N2O/c1-3-4-11-23-16-17-28-26(18-23)29(32)27(22(2)30-28)21-31(19-24-12-7-5-8-13-24)20-25-14-9-6-10-15-25/h5-10,12-18H,3-4,11,19-21H2,1-2H3,(H,30,32). The van der Waals surface area contributed by atoms with Crippen LogP contribution in [0, 0.1) is 6.92 Å². The summed E-state index contributed by atoms with van der Waals surface area (Å²) in [5, 5.41) is 0.804. The molecule has 0 unspecified atom stereocenters. The topological polar surface area (TPSA) is 36.1 Å². The number of fused-ring (bicyclic) bond motifs is 1. The Morgan fingerprint density at radius 2 is 1.41 bits per heavy atom. The van der Waals surface area contributed by atoms with Gasteiger partial charge in [0.15, 0.2) is 5.43 Å². The summed E-state index contributed by atoms with van der Waals surface area (Å²) >= 11 is 0. The van der Waals surface area contributed by atoms with E-state index in [1.807, 2.05) is 19.1 Å².